The molecule has 5 atom stereocenters. The fourth-order valence-electron chi connectivity index (χ4n) is 5.18. The van der Waals surface area contributed by atoms with Gasteiger partial charge in [0.1, 0.15) is 0 Å². The van der Waals surface area contributed by atoms with E-state index in [-0.39, 0.29) is 5.54 Å². The van der Waals surface area contributed by atoms with Crippen molar-refractivity contribution in [3.63, 3.8) is 0 Å². The van der Waals surface area contributed by atoms with Gasteiger partial charge in [-0.15, -0.1) is 0 Å². The summed E-state index contributed by atoms with van der Waals surface area (Å²) in [4.78, 5) is 15.0. The van der Waals surface area contributed by atoms with E-state index in [0.29, 0.717) is 18.1 Å². The van der Waals surface area contributed by atoms with Gasteiger partial charge in [0, 0.05) is 6.04 Å². The maximum Gasteiger partial charge on any atom is 0.244 e. The summed E-state index contributed by atoms with van der Waals surface area (Å²) in [5, 5.41) is 3.62. The minimum absolute atomic E-state index is 0.132. The second kappa shape index (κ2) is 3.97. The summed E-state index contributed by atoms with van der Waals surface area (Å²) < 4.78 is 0. The fraction of sp³-hybridized carbons (Fsp3) is 0.938. The molecule has 0 aromatic heterocycles. The van der Waals surface area contributed by atoms with E-state index in [1.165, 1.54) is 25.7 Å². The van der Waals surface area contributed by atoms with Crippen LogP contribution < -0.4 is 5.32 Å². The lowest BCUT2D eigenvalue weighted by molar-refractivity contribution is -0.134. The summed E-state index contributed by atoms with van der Waals surface area (Å²) in [6.07, 6.45) is 9.12. The zero-order valence-electron chi connectivity index (χ0n) is 12.2. The van der Waals surface area contributed by atoms with Gasteiger partial charge in [-0.2, -0.15) is 0 Å². The van der Waals surface area contributed by atoms with Gasteiger partial charge in [0.05, 0.1) is 11.7 Å². The molecule has 0 radical (unpaired) electrons. The Morgan fingerprint density at radius 1 is 1.37 bits per heavy atom. The van der Waals surface area contributed by atoms with E-state index in [1.807, 2.05) is 0 Å². The monoisotopic (exact) mass is 262 g/mol. The highest BCUT2D eigenvalue weighted by atomic mass is 16.2. The Labute approximate surface area is 116 Å². The van der Waals surface area contributed by atoms with Crippen molar-refractivity contribution in [1.29, 1.82) is 0 Å². The van der Waals surface area contributed by atoms with Gasteiger partial charge in [-0.05, 0) is 63.2 Å². The molecule has 1 saturated heterocycles. The summed E-state index contributed by atoms with van der Waals surface area (Å²) in [5.41, 5.74) is -0.132. The van der Waals surface area contributed by atoms with Crippen LogP contribution in [0.3, 0.4) is 0 Å². The highest BCUT2D eigenvalue weighted by molar-refractivity contribution is 5.92. The molecule has 3 heteroatoms. The van der Waals surface area contributed by atoms with Crippen LogP contribution in [0.4, 0.5) is 0 Å². The topological polar surface area (TPSA) is 32.3 Å². The second-order valence-corrected chi connectivity index (χ2v) is 7.44. The molecular formula is C16H26N2O. The Hall–Kier alpha value is -0.570. The Kier molecular flexibility index (Phi) is 2.55. The molecule has 1 spiro atoms. The maximum atomic E-state index is 12.7. The van der Waals surface area contributed by atoms with Crippen molar-refractivity contribution in [1.82, 2.24) is 10.2 Å². The highest BCUT2D eigenvalue weighted by Crippen LogP contribution is 2.52. The third-order valence-corrected chi connectivity index (χ3v) is 6.41. The minimum Gasteiger partial charge on any atom is -0.323 e. The van der Waals surface area contributed by atoms with Gasteiger partial charge >= 0.3 is 0 Å². The third-order valence-electron chi connectivity index (χ3n) is 6.41. The molecule has 4 rings (SSSR count). The van der Waals surface area contributed by atoms with Gasteiger partial charge < -0.3 is 4.90 Å². The number of nitrogens with one attached hydrogen (secondary N) is 1. The van der Waals surface area contributed by atoms with E-state index >= 15 is 0 Å². The molecule has 5 unspecified atom stereocenters. The fourth-order valence-corrected chi connectivity index (χ4v) is 5.18. The first-order valence-corrected chi connectivity index (χ1v) is 8.25. The lowest BCUT2D eigenvalue weighted by atomic mass is 9.83. The Morgan fingerprint density at radius 2 is 2.16 bits per heavy atom. The van der Waals surface area contributed by atoms with Crippen LogP contribution in [0.15, 0.2) is 0 Å². The maximum absolute atomic E-state index is 12.7. The number of carbonyl (C=O) groups is 1. The van der Waals surface area contributed by atoms with E-state index < -0.39 is 0 Å². The highest BCUT2D eigenvalue weighted by Gasteiger charge is 2.60. The van der Waals surface area contributed by atoms with Gasteiger partial charge in [-0.1, -0.05) is 13.3 Å². The molecule has 0 aromatic rings. The van der Waals surface area contributed by atoms with Gasteiger partial charge in [0.2, 0.25) is 5.91 Å². The number of hydrogen-bond acceptors (Lipinski definition) is 2. The van der Waals surface area contributed by atoms with Crippen molar-refractivity contribution in [3.05, 3.63) is 0 Å². The third kappa shape index (κ3) is 1.63. The minimum atomic E-state index is -0.132. The van der Waals surface area contributed by atoms with Crippen LogP contribution in [-0.4, -0.2) is 28.6 Å². The molecule has 1 amide bonds. The normalized spacial score (nSPS) is 44.3. The number of fused-ring (bicyclic) bond motifs is 2. The lowest BCUT2D eigenvalue weighted by Crippen LogP contribution is -2.47. The van der Waals surface area contributed by atoms with Gasteiger partial charge in [-0.3, -0.25) is 10.1 Å². The average Bonchev–Trinajstić information content (AvgIpc) is 2.80. The van der Waals surface area contributed by atoms with Crippen LogP contribution in [0.2, 0.25) is 0 Å². The average molecular weight is 262 g/mol. The van der Waals surface area contributed by atoms with Crippen LogP contribution >= 0.6 is 0 Å². The smallest absolute Gasteiger partial charge is 0.244 e. The molecule has 2 bridgehead atoms. The molecular weight excluding hydrogens is 236 g/mol. The van der Waals surface area contributed by atoms with E-state index in [4.69, 9.17) is 0 Å². The largest absolute Gasteiger partial charge is 0.323 e. The predicted octanol–water partition coefficient (Wildman–Crippen LogP) is 2.51. The van der Waals surface area contributed by atoms with Crippen molar-refractivity contribution in [2.75, 3.05) is 0 Å². The number of nitrogens with zero attached hydrogens (tertiary/aromatic N) is 1. The number of carbonyl (C=O) groups excluding carboxylic acids is 1. The van der Waals surface area contributed by atoms with Crippen molar-refractivity contribution >= 4 is 5.91 Å². The molecule has 1 aliphatic heterocycles. The zero-order chi connectivity index (χ0) is 13.2. The molecule has 3 aliphatic carbocycles. The van der Waals surface area contributed by atoms with E-state index in [2.05, 4.69) is 24.1 Å². The molecule has 19 heavy (non-hydrogen) atoms. The molecule has 3 nitrogen and oxygen atoms in total. The van der Waals surface area contributed by atoms with Gasteiger partial charge in [0.25, 0.3) is 0 Å². The van der Waals surface area contributed by atoms with E-state index in [0.717, 1.165) is 37.0 Å². The molecule has 106 valence electrons. The van der Waals surface area contributed by atoms with Crippen molar-refractivity contribution in [2.24, 2.45) is 17.8 Å². The molecule has 0 aromatic carbocycles. The number of rotatable bonds is 3. The van der Waals surface area contributed by atoms with Crippen LogP contribution in [-0.2, 0) is 4.79 Å². The van der Waals surface area contributed by atoms with Gasteiger partial charge in [0.15, 0.2) is 0 Å². The Balaban J connectivity index is 1.55. The predicted molar refractivity (Wildman–Crippen MR) is 74.4 cm³/mol. The first-order valence-electron chi connectivity index (χ1n) is 8.25. The van der Waals surface area contributed by atoms with Gasteiger partial charge in [-0.25, -0.2) is 0 Å². The molecule has 1 heterocycles. The van der Waals surface area contributed by atoms with Crippen molar-refractivity contribution in [3.8, 4) is 0 Å². The summed E-state index contributed by atoms with van der Waals surface area (Å²) in [7, 11) is 0. The first-order chi connectivity index (χ1) is 9.14. The first kappa shape index (κ1) is 12.2. The standard InChI is InChI=1S/C16H26N2O/c1-3-14-17-16(6-7-16)15(19)18(14)10(2)13-9-11-4-5-12(13)8-11/h10-14,17H,3-9H2,1-2H3. The lowest BCUT2D eigenvalue weighted by Gasteiger charge is -2.37. The Morgan fingerprint density at radius 3 is 2.68 bits per heavy atom. The second-order valence-electron chi connectivity index (χ2n) is 7.44. The van der Waals surface area contributed by atoms with Crippen LogP contribution in [0.1, 0.15) is 58.8 Å². The van der Waals surface area contributed by atoms with E-state index in [1.54, 1.807) is 0 Å². The van der Waals surface area contributed by atoms with Crippen molar-refractivity contribution in [2.45, 2.75) is 76.5 Å². The summed E-state index contributed by atoms with van der Waals surface area (Å²) in [6.45, 7) is 4.52. The number of hydrogen-bond donors (Lipinski definition) is 1. The van der Waals surface area contributed by atoms with Crippen LogP contribution in [0.5, 0.6) is 0 Å². The van der Waals surface area contributed by atoms with Crippen molar-refractivity contribution < 1.29 is 4.79 Å². The Bertz CT molecular complexity index is 404. The molecule has 3 saturated carbocycles. The summed E-state index contributed by atoms with van der Waals surface area (Å²) >= 11 is 0. The SMILES string of the molecule is CCC1NC2(CC2)C(=O)N1C(C)C1CC2CCC1C2. The van der Waals surface area contributed by atoms with E-state index in [9.17, 15) is 4.79 Å². The molecule has 4 fully saturated rings. The zero-order valence-corrected chi connectivity index (χ0v) is 12.2. The molecule has 4 aliphatic rings. The summed E-state index contributed by atoms with van der Waals surface area (Å²) in [6, 6.07) is 0.445. The van der Waals surface area contributed by atoms with Crippen LogP contribution in [0, 0.1) is 17.8 Å². The quantitative estimate of drug-likeness (QED) is 0.847. The van der Waals surface area contributed by atoms with Crippen LogP contribution in [0.25, 0.3) is 0 Å². The summed E-state index contributed by atoms with van der Waals surface area (Å²) in [5.74, 6) is 3.06. The molecule has 1 N–H and O–H groups in total. The number of amides is 1.